The Morgan fingerprint density at radius 2 is 2.04 bits per heavy atom. The summed E-state index contributed by atoms with van der Waals surface area (Å²) < 4.78 is 7.95. The first-order valence-corrected chi connectivity index (χ1v) is 8.95. The van der Waals surface area contributed by atoms with Gasteiger partial charge in [-0.3, -0.25) is 0 Å². The van der Waals surface area contributed by atoms with E-state index in [4.69, 9.17) is 4.74 Å². The zero-order valence-corrected chi connectivity index (χ0v) is 14.6. The minimum Gasteiger partial charge on any atom is -0.473 e. The number of fused-ring (bicyclic) bond motifs is 1. The molecule has 2 aromatic heterocycles. The van der Waals surface area contributed by atoms with E-state index in [2.05, 4.69) is 38.9 Å². The summed E-state index contributed by atoms with van der Waals surface area (Å²) in [7, 11) is 0. The van der Waals surface area contributed by atoms with Gasteiger partial charge in [-0.25, -0.2) is 9.67 Å². The number of nitrogens with one attached hydrogen (secondary N) is 2. The van der Waals surface area contributed by atoms with E-state index in [1.165, 1.54) is 0 Å². The highest BCUT2D eigenvalue weighted by atomic mass is 16.5. The Morgan fingerprint density at radius 1 is 1.12 bits per heavy atom. The largest absolute Gasteiger partial charge is 0.473 e. The van der Waals surface area contributed by atoms with E-state index >= 15 is 0 Å². The van der Waals surface area contributed by atoms with Gasteiger partial charge in [-0.2, -0.15) is 5.10 Å². The van der Waals surface area contributed by atoms with Gasteiger partial charge >= 0.3 is 0 Å². The first-order valence-electron chi connectivity index (χ1n) is 8.95. The van der Waals surface area contributed by atoms with Crippen molar-refractivity contribution in [1.82, 2.24) is 20.1 Å². The van der Waals surface area contributed by atoms with Gasteiger partial charge < -0.3 is 15.4 Å². The number of benzene rings is 1. The van der Waals surface area contributed by atoms with Crippen molar-refractivity contribution in [2.75, 3.05) is 18.4 Å². The highest BCUT2D eigenvalue weighted by Gasteiger charge is 2.17. The minimum absolute atomic E-state index is 0.507. The molecule has 3 heterocycles. The molecule has 1 aliphatic heterocycles. The molecule has 1 aliphatic rings. The Balaban J connectivity index is 1.30. The molecular weight excluding hydrogens is 326 g/mol. The third-order valence-corrected chi connectivity index (χ3v) is 4.54. The van der Waals surface area contributed by atoms with Crippen molar-refractivity contribution >= 4 is 5.82 Å². The van der Waals surface area contributed by atoms with Crippen LogP contribution in [0.4, 0.5) is 5.82 Å². The fraction of sp³-hybridized carbons (Fsp3) is 0.300. The first kappa shape index (κ1) is 16.6. The highest BCUT2D eigenvalue weighted by molar-refractivity contribution is 5.35. The predicted octanol–water partition coefficient (Wildman–Crippen LogP) is 2.69. The van der Waals surface area contributed by atoms with E-state index < -0.39 is 0 Å². The molecule has 0 fully saturated rings. The second-order valence-corrected chi connectivity index (χ2v) is 6.52. The van der Waals surface area contributed by atoms with Crippen LogP contribution in [0.1, 0.15) is 11.1 Å². The molecule has 6 nitrogen and oxygen atoms in total. The molecule has 134 valence electrons. The zero-order valence-electron chi connectivity index (χ0n) is 14.6. The molecular formula is C20H23N5O. The molecule has 0 saturated carbocycles. The Kier molecular flexibility index (Phi) is 5.12. The monoisotopic (exact) mass is 349 g/mol. The fourth-order valence-corrected chi connectivity index (χ4v) is 3.15. The summed E-state index contributed by atoms with van der Waals surface area (Å²) in [6.07, 6.45) is 3.61. The molecule has 0 amide bonds. The van der Waals surface area contributed by atoms with E-state index in [0.717, 1.165) is 43.1 Å². The van der Waals surface area contributed by atoms with Gasteiger partial charge in [-0.05, 0) is 11.6 Å². The van der Waals surface area contributed by atoms with E-state index in [1.54, 1.807) is 6.20 Å². The quantitative estimate of drug-likeness (QED) is 0.687. The van der Waals surface area contributed by atoms with Gasteiger partial charge in [0.25, 0.3) is 0 Å². The van der Waals surface area contributed by atoms with Crippen molar-refractivity contribution in [3.63, 3.8) is 0 Å². The number of hydrogen-bond acceptors (Lipinski definition) is 5. The molecule has 0 aliphatic carbocycles. The maximum atomic E-state index is 5.92. The normalized spacial score (nSPS) is 15.9. The third kappa shape index (κ3) is 4.03. The lowest BCUT2D eigenvalue weighted by molar-refractivity contribution is 0.289. The lowest BCUT2D eigenvalue weighted by atomic mass is 10.1. The summed E-state index contributed by atoms with van der Waals surface area (Å²) in [4.78, 5) is 4.39. The highest BCUT2D eigenvalue weighted by Crippen LogP contribution is 2.18. The molecule has 2 N–H and O–H groups in total. The summed E-state index contributed by atoms with van der Waals surface area (Å²) in [5.41, 5.74) is 2.22. The Bertz CT molecular complexity index is 833. The van der Waals surface area contributed by atoms with Crippen LogP contribution >= 0.6 is 0 Å². The van der Waals surface area contributed by atoms with Crippen molar-refractivity contribution in [3.05, 3.63) is 72.1 Å². The molecule has 0 bridgehead atoms. The number of hydrogen-bond donors (Lipinski definition) is 2. The van der Waals surface area contributed by atoms with E-state index in [1.807, 2.05) is 41.2 Å². The van der Waals surface area contributed by atoms with Crippen LogP contribution in [0, 0.1) is 5.92 Å². The Hall–Kier alpha value is -2.86. The van der Waals surface area contributed by atoms with E-state index in [-0.39, 0.29) is 0 Å². The Labute approximate surface area is 153 Å². The smallest absolute Gasteiger partial charge is 0.218 e. The van der Waals surface area contributed by atoms with Gasteiger partial charge in [-0.15, -0.1) is 0 Å². The molecule has 6 heteroatoms. The van der Waals surface area contributed by atoms with Crippen LogP contribution in [-0.2, 0) is 19.7 Å². The summed E-state index contributed by atoms with van der Waals surface area (Å²) in [6.45, 7) is 4.08. The summed E-state index contributed by atoms with van der Waals surface area (Å²) in [6, 6.07) is 16.2. The fourth-order valence-electron chi connectivity index (χ4n) is 3.15. The van der Waals surface area contributed by atoms with Crippen molar-refractivity contribution in [1.29, 1.82) is 0 Å². The first-order chi connectivity index (χ1) is 12.9. The van der Waals surface area contributed by atoms with Crippen LogP contribution in [0.15, 0.2) is 60.9 Å². The van der Waals surface area contributed by atoms with Crippen LogP contribution < -0.4 is 15.4 Å². The molecule has 1 atom stereocenters. The SMILES string of the molecule is c1ccc(COc2ncccc2CNCC2CNc3ccnn3C2)cc1. The summed E-state index contributed by atoms with van der Waals surface area (Å²) in [5.74, 6) is 2.30. The second kappa shape index (κ2) is 8.01. The molecule has 0 radical (unpaired) electrons. The maximum Gasteiger partial charge on any atom is 0.218 e. The molecule has 3 aromatic rings. The van der Waals surface area contributed by atoms with E-state index in [9.17, 15) is 0 Å². The standard InChI is InChI=1S/C20H23N5O/c1-2-5-16(6-3-1)15-26-20-18(7-4-9-22-20)13-21-11-17-12-23-19-8-10-24-25(19)14-17/h1-10,17,21,23H,11-15H2. The van der Waals surface area contributed by atoms with Crippen LogP contribution in [0.3, 0.4) is 0 Å². The van der Waals surface area contributed by atoms with Gasteiger partial charge in [0.05, 0.1) is 6.20 Å². The van der Waals surface area contributed by atoms with Crippen molar-refractivity contribution < 1.29 is 4.74 Å². The van der Waals surface area contributed by atoms with Crippen molar-refractivity contribution in [2.45, 2.75) is 19.7 Å². The lowest BCUT2D eigenvalue weighted by Crippen LogP contribution is -2.35. The number of ether oxygens (including phenoxy) is 1. The van der Waals surface area contributed by atoms with E-state index in [0.29, 0.717) is 18.4 Å². The van der Waals surface area contributed by atoms with Gasteiger partial charge in [0, 0.05) is 49.9 Å². The van der Waals surface area contributed by atoms with Gasteiger partial charge in [-0.1, -0.05) is 36.4 Å². The summed E-state index contributed by atoms with van der Waals surface area (Å²) in [5, 5.41) is 11.3. The van der Waals surface area contributed by atoms with Gasteiger partial charge in [0.1, 0.15) is 12.4 Å². The number of aromatic nitrogens is 3. The van der Waals surface area contributed by atoms with Crippen LogP contribution in [-0.4, -0.2) is 27.9 Å². The molecule has 4 rings (SSSR count). The average molecular weight is 349 g/mol. The number of pyridine rings is 1. The Morgan fingerprint density at radius 3 is 2.96 bits per heavy atom. The van der Waals surface area contributed by atoms with Crippen LogP contribution in [0.5, 0.6) is 5.88 Å². The predicted molar refractivity (Wildman–Crippen MR) is 101 cm³/mol. The second-order valence-electron chi connectivity index (χ2n) is 6.52. The third-order valence-electron chi connectivity index (χ3n) is 4.54. The maximum absolute atomic E-state index is 5.92. The molecule has 0 spiro atoms. The molecule has 1 unspecified atom stereocenters. The van der Waals surface area contributed by atoms with Gasteiger partial charge in [0.2, 0.25) is 5.88 Å². The van der Waals surface area contributed by atoms with Crippen LogP contribution in [0.2, 0.25) is 0 Å². The number of nitrogens with zero attached hydrogens (tertiary/aromatic N) is 3. The minimum atomic E-state index is 0.507. The summed E-state index contributed by atoms with van der Waals surface area (Å²) >= 11 is 0. The lowest BCUT2D eigenvalue weighted by Gasteiger charge is -2.25. The van der Waals surface area contributed by atoms with Gasteiger partial charge in [0.15, 0.2) is 0 Å². The van der Waals surface area contributed by atoms with Crippen molar-refractivity contribution in [3.8, 4) is 5.88 Å². The van der Waals surface area contributed by atoms with Crippen molar-refractivity contribution in [2.24, 2.45) is 5.92 Å². The molecule has 0 saturated heterocycles. The number of anilines is 1. The zero-order chi connectivity index (χ0) is 17.6. The molecule has 1 aromatic carbocycles. The molecule has 26 heavy (non-hydrogen) atoms. The topological polar surface area (TPSA) is 64.0 Å². The number of rotatable bonds is 7. The average Bonchev–Trinajstić information content (AvgIpc) is 3.16. The van der Waals surface area contributed by atoms with Crippen LogP contribution in [0.25, 0.3) is 0 Å².